The Labute approximate surface area is 144 Å². The molecule has 3 N–H and O–H groups in total. The molecule has 0 aliphatic heterocycles. The van der Waals surface area contributed by atoms with Crippen molar-refractivity contribution in [3.05, 3.63) is 77.7 Å². The number of carbonyl (C=O) groups is 2. The summed E-state index contributed by atoms with van der Waals surface area (Å²) in [5.41, 5.74) is 1.98. The van der Waals surface area contributed by atoms with Crippen molar-refractivity contribution in [2.24, 2.45) is 0 Å². The zero-order chi connectivity index (χ0) is 17.8. The van der Waals surface area contributed by atoms with Gasteiger partial charge in [-0.05, 0) is 48.9 Å². The molecular weight excluding hydrogens is 320 g/mol. The SMILES string of the molecule is Cc1ccc(C(=O)Nc2ccccc2O)cc1NC(=O)c1ccco1. The van der Waals surface area contributed by atoms with Crippen molar-refractivity contribution in [3.63, 3.8) is 0 Å². The van der Waals surface area contributed by atoms with Gasteiger partial charge in [-0.15, -0.1) is 0 Å². The van der Waals surface area contributed by atoms with E-state index in [4.69, 9.17) is 4.42 Å². The number of para-hydroxylation sites is 2. The second-order valence-corrected chi connectivity index (χ2v) is 5.43. The normalized spacial score (nSPS) is 10.3. The third kappa shape index (κ3) is 3.69. The summed E-state index contributed by atoms with van der Waals surface area (Å²) in [4.78, 5) is 24.5. The molecule has 0 saturated heterocycles. The van der Waals surface area contributed by atoms with Crippen molar-refractivity contribution < 1.29 is 19.1 Å². The average Bonchev–Trinajstić information content (AvgIpc) is 3.13. The molecule has 2 amide bonds. The van der Waals surface area contributed by atoms with Gasteiger partial charge < -0.3 is 20.2 Å². The van der Waals surface area contributed by atoms with E-state index in [1.165, 1.54) is 12.3 Å². The summed E-state index contributed by atoms with van der Waals surface area (Å²) in [6.07, 6.45) is 1.41. The van der Waals surface area contributed by atoms with Crippen LogP contribution in [0.2, 0.25) is 0 Å². The largest absolute Gasteiger partial charge is 0.506 e. The number of hydrogen-bond acceptors (Lipinski definition) is 4. The van der Waals surface area contributed by atoms with Gasteiger partial charge in [0, 0.05) is 11.3 Å². The first kappa shape index (κ1) is 16.3. The number of hydrogen-bond donors (Lipinski definition) is 3. The third-order valence-electron chi connectivity index (χ3n) is 3.65. The first-order valence-electron chi connectivity index (χ1n) is 7.59. The molecule has 3 rings (SSSR count). The van der Waals surface area contributed by atoms with Crippen LogP contribution in [0.1, 0.15) is 26.5 Å². The zero-order valence-corrected chi connectivity index (χ0v) is 13.4. The Morgan fingerprint density at radius 2 is 1.68 bits per heavy atom. The van der Waals surface area contributed by atoms with Crippen LogP contribution in [0, 0.1) is 6.92 Å². The van der Waals surface area contributed by atoms with E-state index < -0.39 is 11.8 Å². The van der Waals surface area contributed by atoms with Gasteiger partial charge in [0.1, 0.15) is 5.75 Å². The fraction of sp³-hybridized carbons (Fsp3) is 0.0526. The minimum atomic E-state index is -0.397. The van der Waals surface area contributed by atoms with Gasteiger partial charge in [0.05, 0.1) is 12.0 Å². The highest BCUT2D eigenvalue weighted by molar-refractivity contribution is 6.07. The maximum atomic E-state index is 12.4. The number of rotatable bonds is 4. The topological polar surface area (TPSA) is 91.6 Å². The van der Waals surface area contributed by atoms with Crippen molar-refractivity contribution in [2.45, 2.75) is 6.92 Å². The molecule has 0 fully saturated rings. The fourth-order valence-electron chi connectivity index (χ4n) is 2.26. The molecule has 0 bridgehead atoms. The zero-order valence-electron chi connectivity index (χ0n) is 13.4. The molecular formula is C19H16N2O4. The number of phenolic OH excluding ortho intramolecular Hbond substituents is 1. The van der Waals surface area contributed by atoms with Crippen LogP contribution in [0.3, 0.4) is 0 Å². The molecule has 0 unspecified atom stereocenters. The highest BCUT2D eigenvalue weighted by Crippen LogP contribution is 2.23. The molecule has 0 aliphatic carbocycles. The van der Waals surface area contributed by atoms with Gasteiger partial charge in [-0.2, -0.15) is 0 Å². The molecule has 2 aromatic carbocycles. The lowest BCUT2D eigenvalue weighted by Crippen LogP contribution is -2.15. The molecule has 0 atom stereocenters. The van der Waals surface area contributed by atoms with Gasteiger partial charge in [0.15, 0.2) is 5.76 Å². The molecule has 3 aromatic rings. The lowest BCUT2D eigenvalue weighted by Gasteiger charge is -2.11. The number of aromatic hydroxyl groups is 1. The molecule has 0 radical (unpaired) electrons. The highest BCUT2D eigenvalue weighted by Gasteiger charge is 2.14. The predicted octanol–water partition coefficient (Wildman–Crippen LogP) is 3.80. The van der Waals surface area contributed by atoms with Crippen LogP contribution < -0.4 is 10.6 Å². The Morgan fingerprint density at radius 1 is 0.920 bits per heavy atom. The first-order chi connectivity index (χ1) is 12.0. The maximum Gasteiger partial charge on any atom is 0.291 e. The number of carbonyl (C=O) groups excluding carboxylic acids is 2. The predicted molar refractivity (Wildman–Crippen MR) is 93.9 cm³/mol. The van der Waals surface area contributed by atoms with Gasteiger partial charge in [0.2, 0.25) is 0 Å². The molecule has 1 aromatic heterocycles. The van der Waals surface area contributed by atoms with E-state index in [2.05, 4.69) is 10.6 Å². The van der Waals surface area contributed by atoms with Crippen LogP contribution >= 0.6 is 0 Å². The lowest BCUT2D eigenvalue weighted by atomic mass is 10.1. The second-order valence-electron chi connectivity index (χ2n) is 5.43. The van der Waals surface area contributed by atoms with Crippen molar-refractivity contribution in [1.29, 1.82) is 0 Å². The van der Waals surface area contributed by atoms with E-state index >= 15 is 0 Å². The van der Waals surface area contributed by atoms with Crippen molar-refractivity contribution >= 4 is 23.2 Å². The van der Waals surface area contributed by atoms with E-state index in [1.54, 1.807) is 48.5 Å². The molecule has 6 nitrogen and oxygen atoms in total. The number of nitrogens with one attached hydrogen (secondary N) is 2. The number of benzene rings is 2. The number of aryl methyl sites for hydroxylation is 1. The van der Waals surface area contributed by atoms with Crippen LogP contribution in [0.15, 0.2) is 65.3 Å². The van der Waals surface area contributed by atoms with Crippen molar-refractivity contribution in [2.75, 3.05) is 10.6 Å². The summed E-state index contributed by atoms with van der Waals surface area (Å²) in [5, 5.41) is 15.1. The van der Waals surface area contributed by atoms with Crippen molar-refractivity contribution in [3.8, 4) is 5.75 Å². The van der Waals surface area contributed by atoms with Gasteiger partial charge in [-0.1, -0.05) is 18.2 Å². The smallest absolute Gasteiger partial charge is 0.291 e. The summed E-state index contributed by atoms with van der Waals surface area (Å²) in [7, 11) is 0. The Bertz CT molecular complexity index is 917. The lowest BCUT2D eigenvalue weighted by molar-refractivity contribution is 0.0993. The Balaban J connectivity index is 1.80. The van der Waals surface area contributed by atoms with Gasteiger partial charge in [0.25, 0.3) is 11.8 Å². The highest BCUT2D eigenvalue weighted by atomic mass is 16.3. The van der Waals surface area contributed by atoms with E-state index in [-0.39, 0.29) is 11.5 Å². The monoisotopic (exact) mass is 336 g/mol. The second kappa shape index (κ2) is 6.92. The summed E-state index contributed by atoms with van der Waals surface area (Å²) < 4.78 is 5.06. The molecule has 25 heavy (non-hydrogen) atoms. The molecule has 6 heteroatoms. The van der Waals surface area contributed by atoms with E-state index in [0.717, 1.165) is 5.56 Å². The summed E-state index contributed by atoms with van der Waals surface area (Å²) >= 11 is 0. The Kier molecular flexibility index (Phi) is 4.52. The van der Waals surface area contributed by atoms with Crippen LogP contribution in [-0.4, -0.2) is 16.9 Å². The Hall–Kier alpha value is -3.54. The van der Waals surface area contributed by atoms with Crippen molar-refractivity contribution in [1.82, 2.24) is 0 Å². The summed E-state index contributed by atoms with van der Waals surface area (Å²) in [6.45, 7) is 1.82. The van der Waals surface area contributed by atoms with E-state index in [0.29, 0.717) is 16.9 Å². The molecule has 126 valence electrons. The Morgan fingerprint density at radius 3 is 2.40 bits per heavy atom. The number of amides is 2. The van der Waals surface area contributed by atoms with Crippen LogP contribution in [-0.2, 0) is 0 Å². The number of furan rings is 1. The van der Waals surface area contributed by atoms with Crippen LogP contribution in [0.4, 0.5) is 11.4 Å². The van der Waals surface area contributed by atoms with Gasteiger partial charge in [-0.25, -0.2) is 0 Å². The van der Waals surface area contributed by atoms with E-state index in [9.17, 15) is 14.7 Å². The van der Waals surface area contributed by atoms with E-state index in [1.807, 2.05) is 6.92 Å². The maximum absolute atomic E-state index is 12.4. The summed E-state index contributed by atoms with van der Waals surface area (Å²) in [6, 6.07) is 14.6. The molecule has 0 saturated carbocycles. The molecule has 0 aliphatic rings. The van der Waals surface area contributed by atoms with Crippen LogP contribution in [0.25, 0.3) is 0 Å². The van der Waals surface area contributed by atoms with Gasteiger partial charge in [-0.3, -0.25) is 9.59 Å². The first-order valence-corrected chi connectivity index (χ1v) is 7.59. The number of anilines is 2. The quantitative estimate of drug-likeness (QED) is 0.632. The molecule has 0 spiro atoms. The fourth-order valence-corrected chi connectivity index (χ4v) is 2.26. The summed E-state index contributed by atoms with van der Waals surface area (Å²) in [5.74, 6) is -0.626. The minimum Gasteiger partial charge on any atom is -0.506 e. The third-order valence-corrected chi connectivity index (χ3v) is 3.65. The average molecular weight is 336 g/mol. The van der Waals surface area contributed by atoms with Crippen LogP contribution in [0.5, 0.6) is 5.75 Å². The standard InChI is InChI=1S/C19H16N2O4/c1-12-8-9-13(18(23)20-14-5-2-3-6-16(14)22)11-15(12)21-19(24)17-7-4-10-25-17/h2-11,22H,1H3,(H,20,23)(H,21,24). The number of phenols is 1. The minimum absolute atomic E-state index is 0.0192. The molecule has 1 heterocycles. The van der Waals surface area contributed by atoms with Gasteiger partial charge >= 0.3 is 0 Å².